The van der Waals surface area contributed by atoms with E-state index >= 15 is 0 Å². The molecule has 30 heavy (non-hydrogen) atoms. The Labute approximate surface area is 177 Å². The molecule has 0 aliphatic carbocycles. The molecule has 1 aromatic heterocycles. The lowest BCUT2D eigenvalue weighted by atomic mass is 10.1. The molecule has 0 saturated carbocycles. The monoisotopic (exact) mass is 419 g/mol. The lowest BCUT2D eigenvalue weighted by Crippen LogP contribution is -2.17. The number of hydrogen-bond acceptors (Lipinski definition) is 4. The van der Waals surface area contributed by atoms with Crippen LogP contribution < -0.4 is 5.56 Å². The van der Waals surface area contributed by atoms with E-state index in [1.165, 1.54) is 24.1 Å². The Morgan fingerprint density at radius 2 is 1.90 bits per heavy atom. The highest BCUT2D eigenvalue weighted by Crippen LogP contribution is 2.24. The van der Waals surface area contributed by atoms with Gasteiger partial charge in [-0.25, -0.2) is 9.48 Å². The summed E-state index contributed by atoms with van der Waals surface area (Å²) in [4.78, 5) is 29.3. The number of aliphatic imine (C=N–C) groups is 1. The third-order valence-corrected chi connectivity index (χ3v) is 5.15. The van der Waals surface area contributed by atoms with Crippen molar-refractivity contribution < 1.29 is 9.53 Å². The molecule has 0 amide bonds. The Balaban J connectivity index is 1.75. The molecule has 3 aromatic carbocycles. The minimum atomic E-state index is -0.548. The molecule has 1 N–H and O–H groups in total. The largest absolute Gasteiger partial charge is 0.465 e. The van der Waals surface area contributed by atoms with Gasteiger partial charge in [0.05, 0.1) is 34.6 Å². The van der Waals surface area contributed by atoms with Crippen LogP contribution >= 0.6 is 11.6 Å². The molecule has 0 unspecified atom stereocenters. The van der Waals surface area contributed by atoms with Gasteiger partial charge in [-0.05, 0) is 36.6 Å². The van der Waals surface area contributed by atoms with Crippen LogP contribution in [0.2, 0.25) is 5.02 Å². The van der Waals surface area contributed by atoms with Crippen LogP contribution in [0.1, 0.15) is 21.6 Å². The van der Waals surface area contributed by atoms with Crippen molar-refractivity contribution in [3.63, 3.8) is 0 Å². The van der Waals surface area contributed by atoms with Gasteiger partial charge in [-0.2, -0.15) is 0 Å². The Morgan fingerprint density at radius 3 is 2.70 bits per heavy atom. The van der Waals surface area contributed by atoms with E-state index in [9.17, 15) is 9.59 Å². The number of ether oxygens (including phenoxy) is 1. The summed E-state index contributed by atoms with van der Waals surface area (Å²) in [5, 5.41) is 5.41. The fourth-order valence-electron chi connectivity index (χ4n) is 3.28. The van der Waals surface area contributed by atoms with Crippen LogP contribution in [0, 0.1) is 6.92 Å². The first kappa shape index (κ1) is 19.7. The number of H-pyrrole nitrogens is 1. The molecule has 0 saturated heterocycles. The normalized spacial score (nSPS) is 11.3. The summed E-state index contributed by atoms with van der Waals surface area (Å²) in [6, 6.07) is 18.4. The number of benzene rings is 3. The number of carbonyl (C=O) groups is 1. The molecule has 0 radical (unpaired) electrons. The van der Waals surface area contributed by atoms with E-state index in [0.717, 1.165) is 16.5 Å². The Bertz CT molecular complexity index is 1350. The number of rotatable bonds is 4. The van der Waals surface area contributed by atoms with E-state index in [1.54, 1.807) is 12.1 Å². The standard InChI is InChI=1S/C23H18ClN3O3/c1-14-19(13-25-16-10-11-20(24)18(12-16)23(29)30-2)22(28)27(26-14)21-9-5-7-15-6-3-4-8-17(15)21/h3-13,26H,1-2H3. The molecule has 6 nitrogen and oxygen atoms in total. The highest BCUT2D eigenvalue weighted by Gasteiger charge is 2.14. The fourth-order valence-corrected chi connectivity index (χ4v) is 3.48. The van der Waals surface area contributed by atoms with Crippen molar-refractivity contribution >= 4 is 40.2 Å². The Hall–Kier alpha value is -3.64. The molecule has 0 bridgehead atoms. The fraction of sp³-hybridized carbons (Fsp3) is 0.0870. The number of hydrogen-bond donors (Lipinski definition) is 1. The highest BCUT2D eigenvalue weighted by molar-refractivity contribution is 6.33. The third kappa shape index (κ3) is 3.53. The maximum Gasteiger partial charge on any atom is 0.339 e. The summed E-state index contributed by atoms with van der Waals surface area (Å²) in [5.74, 6) is -0.548. The number of methoxy groups -OCH3 is 1. The average molecular weight is 420 g/mol. The Kier molecular flexibility index (Phi) is 5.25. The van der Waals surface area contributed by atoms with Gasteiger partial charge in [-0.3, -0.25) is 14.9 Å². The quantitative estimate of drug-likeness (QED) is 0.380. The van der Waals surface area contributed by atoms with Crippen LogP contribution in [0.3, 0.4) is 0 Å². The number of fused-ring (bicyclic) bond motifs is 1. The predicted octanol–water partition coefficient (Wildman–Crippen LogP) is 4.82. The van der Waals surface area contributed by atoms with E-state index in [2.05, 4.69) is 10.1 Å². The van der Waals surface area contributed by atoms with Gasteiger partial charge >= 0.3 is 5.97 Å². The number of halogens is 1. The molecule has 0 spiro atoms. The molecule has 7 heteroatoms. The highest BCUT2D eigenvalue weighted by atomic mass is 35.5. The van der Waals surface area contributed by atoms with Crippen LogP contribution in [0.15, 0.2) is 70.5 Å². The molecule has 4 rings (SSSR count). The van der Waals surface area contributed by atoms with Crippen molar-refractivity contribution in [3.8, 4) is 5.69 Å². The smallest absolute Gasteiger partial charge is 0.339 e. The third-order valence-electron chi connectivity index (χ3n) is 4.82. The molecule has 4 aromatic rings. The van der Waals surface area contributed by atoms with E-state index in [4.69, 9.17) is 16.3 Å². The summed E-state index contributed by atoms with van der Waals surface area (Å²) < 4.78 is 6.24. The zero-order valence-corrected chi connectivity index (χ0v) is 17.1. The van der Waals surface area contributed by atoms with E-state index in [-0.39, 0.29) is 16.1 Å². The van der Waals surface area contributed by atoms with Crippen LogP contribution in [0.4, 0.5) is 5.69 Å². The SMILES string of the molecule is COC(=O)c1cc(N=Cc2c(C)[nH]n(-c3cccc4ccccc34)c2=O)ccc1Cl. The number of nitrogens with one attached hydrogen (secondary N) is 1. The molecular formula is C23H18ClN3O3. The van der Waals surface area contributed by atoms with Crippen molar-refractivity contribution in [2.24, 2.45) is 4.99 Å². The Morgan fingerprint density at radius 1 is 1.13 bits per heavy atom. The van der Waals surface area contributed by atoms with Gasteiger partial charge in [-0.15, -0.1) is 0 Å². The number of aryl methyl sites for hydroxylation is 1. The van der Waals surface area contributed by atoms with E-state index < -0.39 is 5.97 Å². The first-order valence-corrected chi connectivity index (χ1v) is 9.59. The first-order chi connectivity index (χ1) is 14.5. The summed E-state index contributed by atoms with van der Waals surface area (Å²) >= 11 is 6.05. The minimum absolute atomic E-state index is 0.213. The summed E-state index contributed by atoms with van der Waals surface area (Å²) in [7, 11) is 1.29. The number of nitrogens with zero attached hydrogens (tertiary/aromatic N) is 2. The zero-order chi connectivity index (χ0) is 21.3. The van der Waals surface area contributed by atoms with Gasteiger partial charge < -0.3 is 4.74 Å². The van der Waals surface area contributed by atoms with Crippen LogP contribution in [0.5, 0.6) is 0 Å². The second-order valence-electron chi connectivity index (χ2n) is 6.70. The maximum atomic E-state index is 13.1. The van der Waals surface area contributed by atoms with Crippen LogP contribution in [-0.2, 0) is 4.74 Å². The van der Waals surface area contributed by atoms with Crippen molar-refractivity contribution in [1.82, 2.24) is 9.78 Å². The summed E-state index contributed by atoms with van der Waals surface area (Å²) in [6.07, 6.45) is 1.49. The van der Waals surface area contributed by atoms with Crippen molar-refractivity contribution in [2.75, 3.05) is 7.11 Å². The summed E-state index contributed by atoms with van der Waals surface area (Å²) in [6.45, 7) is 1.81. The number of esters is 1. The number of aromatic amines is 1. The molecule has 0 aliphatic rings. The van der Waals surface area contributed by atoms with Crippen molar-refractivity contribution in [2.45, 2.75) is 6.92 Å². The molecule has 150 valence electrons. The predicted molar refractivity (Wildman–Crippen MR) is 119 cm³/mol. The van der Waals surface area contributed by atoms with Crippen LogP contribution in [0.25, 0.3) is 16.5 Å². The second kappa shape index (κ2) is 8.00. The zero-order valence-electron chi connectivity index (χ0n) is 16.3. The molecular weight excluding hydrogens is 402 g/mol. The van der Waals surface area contributed by atoms with Gasteiger partial charge in [0, 0.05) is 17.3 Å². The molecule has 0 aliphatic heterocycles. The second-order valence-corrected chi connectivity index (χ2v) is 7.11. The van der Waals surface area contributed by atoms with Gasteiger partial charge in [0.15, 0.2) is 0 Å². The van der Waals surface area contributed by atoms with E-state index in [1.807, 2.05) is 49.4 Å². The van der Waals surface area contributed by atoms with Gasteiger partial charge in [0.2, 0.25) is 0 Å². The van der Waals surface area contributed by atoms with Gasteiger partial charge in [0.25, 0.3) is 5.56 Å². The maximum absolute atomic E-state index is 13.1. The molecule has 1 heterocycles. The molecule has 0 fully saturated rings. The first-order valence-electron chi connectivity index (χ1n) is 9.21. The van der Waals surface area contributed by atoms with E-state index in [0.29, 0.717) is 16.9 Å². The topological polar surface area (TPSA) is 76.4 Å². The van der Waals surface area contributed by atoms with Crippen LogP contribution in [-0.4, -0.2) is 29.1 Å². The lowest BCUT2D eigenvalue weighted by molar-refractivity contribution is 0.0601. The number of carbonyl (C=O) groups excluding carboxylic acids is 1. The van der Waals surface area contributed by atoms with Gasteiger partial charge in [0.1, 0.15) is 0 Å². The number of aromatic nitrogens is 2. The minimum Gasteiger partial charge on any atom is -0.465 e. The molecule has 0 atom stereocenters. The van der Waals surface area contributed by atoms with Crippen molar-refractivity contribution in [1.29, 1.82) is 0 Å². The average Bonchev–Trinajstić information content (AvgIpc) is 3.05. The lowest BCUT2D eigenvalue weighted by Gasteiger charge is -2.06. The van der Waals surface area contributed by atoms with Crippen molar-refractivity contribution in [3.05, 3.63) is 92.9 Å². The summed E-state index contributed by atoms with van der Waals surface area (Å²) in [5.41, 5.74) is 2.36. The van der Waals surface area contributed by atoms with Gasteiger partial charge in [-0.1, -0.05) is 48.0 Å².